The van der Waals surface area contributed by atoms with Gasteiger partial charge in [-0.3, -0.25) is 4.79 Å². The normalized spacial score (nSPS) is 20.9. The molecular formula is C10H21ClN2O2. The molecule has 0 aromatic heterocycles. The average Bonchev–Trinajstić information content (AvgIpc) is 2.17. The molecule has 0 aromatic carbocycles. The lowest BCUT2D eigenvalue weighted by Crippen LogP contribution is -2.49. The van der Waals surface area contributed by atoms with Crippen LogP contribution in [0.2, 0.25) is 0 Å². The third-order valence-electron chi connectivity index (χ3n) is 2.22. The zero-order chi connectivity index (χ0) is 10.6. The maximum absolute atomic E-state index is 11.8. The molecular weight excluding hydrogens is 216 g/mol. The lowest BCUT2D eigenvalue weighted by atomic mass is 10.2. The van der Waals surface area contributed by atoms with Crippen molar-refractivity contribution in [2.24, 2.45) is 5.92 Å². The molecule has 0 bridgehead atoms. The van der Waals surface area contributed by atoms with Gasteiger partial charge in [0.25, 0.3) is 5.91 Å². The molecule has 1 rings (SSSR count). The van der Waals surface area contributed by atoms with Gasteiger partial charge in [-0.25, -0.2) is 0 Å². The molecule has 0 spiro atoms. The Labute approximate surface area is 97.8 Å². The smallest absolute Gasteiger partial charge is 0.252 e. The molecule has 0 radical (unpaired) electrons. The van der Waals surface area contributed by atoms with Gasteiger partial charge in [0.05, 0.1) is 6.61 Å². The van der Waals surface area contributed by atoms with E-state index in [1.807, 2.05) is 7.05 Å². The number of carbonyl (C=O) groups excluding carboxylic acids is 1. The summed E-state index contributed by atoms with van der Waals surface area (Å²) < 4.78 is 5.39. The summed E-state index contributed by atoms with van der Waals surface area (Å²) in [5, 5.41) is 3.15. The molecule has 4 nitrogen and oxygen atoms in total. The molecule has 1 heterocycles. The molecule has 1 unspecified atom stereocenters. The van der Waals surface area contributed by atoms with Gasteiger partial charge in [0.15, 0.2) is 0 Å². The van der Waals surface area contributed by atoms with Crippen molar-refractivity contribution < 1.29 is 9.53 Å². The van der Waals surface area contributed by atoms with E-state index < -0.39 is 0 Å². The van der Waals surface area contributed by atoms with Crippen LogP contribution >= 0.6 is 12.4 Å². The molecule has 0 aromatic rings. The van der Waals surface area contributed by atoms with Crippen LogP contribution < -0.4 is 5.32 Å². The van der Waals surface area contributed by atoms with Gasteiger partial charge in [-0.2, -0.15) is 0 Å². The van der Waals surface area contributed by atoms with Crippen molar-refractivity contribution in [1.29, 1.82) is 0 Å². The fourth-order valence-corrected chi connectivity index (χ4v) is 1.61. The molecule has 5 heteroatoms. The first-order valence-electron chi connectivity index (χ1n) is 5.18. The topological polar surface area (TPSA) is 41.6 Å². The standard InChI is InChI=1S/C10H20N2O2.ClH/c1-8(2)7-12(3)10(13)9-6-11-4-5-14-9;/h8-9,11H,4-7H2,1-3H3;1H. The van der Waals surface area contributed by atoms with Gasteiger partial charge in [-0.05, 0) is 5.92 Å². The van der Waals surface area contributed by atoms with Crippen molar-refractivity contribution in [3.63, 3.8) is 0 Å². The van der Waals surface area contributed by atoms with Gasteiger partial charge < -0.3 is 15.0 Å². The second kappa shape index (κ2) is 7.04. The van der Waals surface area contributed by atoms with E-state index in [0.29, 0.717) is 19.1 Å². The number of halogens is 1. The SMILES string of the molecule is CC(C)CN(C)C(=O)C1CNCCO1.Cl. The van der Waals surface area contributed by atoms with Gasteiger partial charge in [0.2, 0.25) is 0 Å². The zero-order valence-corrected chi connectivity index (χ0v) is 10.5. The summed E-state index contributed by atoms with van der Waals surface area (Å²) in [6.07, 6.45) is -0.285. The lowest BCUT2D eigenvalue weighted by Gasteiger charge is -2.28. The summed E-state index contributed by atoms with van der Waals surface area (Å²) in [7, 11) is 1.83. The minimum absolute atomic E-state index is 0. The van der Waals surface area contributed by atoms with E-state index in [4.69, 9.17) is 4.74 Å². The molecule has 1 fully saturated rings. The Morgan fingerprint density at radius 1 is 1.60 bits per heavy atom. The molecule has 1 atom stereocenters. The van der Waals surface area contributed by atoms with Gasteiger partial charge in [-0.1, -0.05) is 13.8 Å². The summed E-state index contributed by atoms with van der Waals surface area (Å²) in [6.45, 7) is 7.11. The second-order valence-electron chi connectivity index (χ2n) is 4.18. The minimum Gasteiger partial charge on any atom is -0.366 e. The summed E-state index contributed by atoms with van der Waals surface area (Å²) in [5.74, 6) is 0.589. The molecule has 1 aliphatic rings. The number of hydrogen-bond donors (Lipinski definition) is 1. The predicted octanol–water partition coefficient (Wildman–Crippen LogP) is 0.511. The number of likely N-dealkylation sites (N-methyl/N-ethyl adjacent to an activating group) is 1. The largest absolute Gasteiger partial charge is 0.366 e. The van der Waals surface area contributed by atoms with Crippen molar-refractivity contribution in [2.75, 3.05) is 33.3 Å². The first-order valence-corrected chi connectivity index (χ1v) is 5.18. The van der Waals surface area contributed by atoms with Crippen molar-refractivity contribution in [3.8, 4) is 0 Å². The van der Waals surface area contributed by atoms with E-state index >= 15 is 0 Å². The Hall–Kier alpha value is -0.320. The van der Waals surface area contributed by atoms with Crippen molar-refractivity contribution in [1.82, 2.24) is 10.2 Å². The van der Waals surface area contributed by atoms with E-state index in [1.54, 1.807) is 4.90 Å². The van der Waals surface area contributed by atoms with E-state index in [-0.39, 0.29) is 24.4 Å². The molecule has 1 N–H and O–H groups in total. The molecule has 0 aliphatic carbocycles. The second-order valence-corrected chi connectivity index (χ2v) is 4.18. The number of morpholine rings is 1. The highest BCUT2D eigenvalue weighted by atomic mass is 35.5. The van der Waals surface area contributed by atoms with Crippen LogP contribution in [0.4, 0.5) is 0 Å². The van der Waals surface area contributed by atoms with Crippen LogP contribution in [0.15, 0.2) is 0 Å². The van der Waals surface area contributed by atoms with Crippen LogP contribution in [0, 0.1) is 5.92 Å². The Kier molecular flexibility index (Phi) is 6.89. The lowest BCUT2D eigenvalue weighted by molar-refractivity contribution is -0.144. The van der Waals surface area contributed by atoms with E-state index in [2.05, 4.69) is 19.2 Å². The van der Waals surface area contributed by atoms with Gasteiger partial charge in [0, 0.05) is 26.7 Å². The molecule has 1 amide bonds. The Morgan fingerprint density at radius 2 is 2.27 bits per heavy atom. The Balaban J connectivity index is 0.00000196. The van der Waals surface area contributed by atoms with Crippen molar-refractivity contribution in [2.45, 2.75) is 20.0 Å². The number of nitrogens with zero attached hydrogens (tertiary/aromatic N) is 1. The number of carbonyl (C=O) groups is 1. The highest BCUT2D eigenvalue weighted by Gasteiger charge is 2.24. The quantitative estimate of drug-likeness (QED) is 0.777. The van der Waals surface area contributed by atoms with E-state index in [0.717, 1.165) is 13.1 Å². The minimum atomic E-state index is -0.285. The molecule has 15 heavy (non-hydrogen) atoms. The molecule has 1 saturated heterocycles. The highest BCUT2D eigenvalue weighted by molar-refractivity contribution is 5.85. The number of rotatable bonds is 3. The van der Waals surface area contributed by atoms with Gasteiger partial charge in [0.1, 0.15) is 6.10 Å². The maximum atomic E-state index is 11.8. The van der Waals surface area contributed by atoms with E-state index in [1.165, 1.54) is 0 Å². The molecule has 90 valence electrons. The Bertz CT molecular complexity index is 194. The van der Waals surface area contributed by atoms with Crippen LogP contribution in [-0.2, 0) is 9.53 Å². The Morgan fingerprint density at radius 3 is 2.73 bits per heavy atom. The summed E-state index contributed by atoms with van der Waals surface area (Å²) in [4.78, 5) is 13.5. The van der Waals surface area contributed by atoms with Gasteiger partial charge >= 0.3 is 0 Å². The number of ether oxygens (including phenoxy) is 1. The van der Waals surface area contributed by atoms with Crippen molar-refractivity contribution in [3.05, 3.63) is 0 Å². The van der Waals surface area contributed by atoms with Crippen LogP contribution in [0.3, 0.4) is 0 Å². The molecule has 0 saturated carbocycles. The third-order valence-corrected chi connectivity index (χ3v) is 2.22. The monoisotopic (exact) mass is 236 g/mol. The fourth-order valence-electron chi connectivity index (χ4n) is 1.61. The number of amides is 1. The first kappa shape index (κ1) is 14.7. The van der Waals surface area contributed by atoms with Crippen LogP contribution in [-0.4, -0.2) is 50.2 Å². The predicted molar refractivity (Wildman–Crippen MR) is 62.3 cm³/mol. The highest BCUT2D eigenvalue weighted by Crippen LogP contribution is 2.03. The summed E-state index contributed by atoms with van der Waals surface area (Å²) in [5.41, 5.74) is 0. The maximum Gasteiger partial charge on any atom is 0.252 e. The summed E-state index contributed by atoms with van der Waals surface area (Å²) >= 11 is 0. The first-order chi connectivity index (χ1) is 6.61. The average molecular weight is 237 g/mol. The van der Waals surface area contributed by atoms with Crippen molar-refractivity contribution >= 4 is 18.3 Å². The zero-order valence-electron chi connectivity index (χ0n) is 9.66. The molecule has 1 aliphatic heterocycles. The van der Waals surface area contributed by atoms with Crippen LogP contribution in [0.1, 0.15) is 13.8 Å². The number of nitrogens with one attached hydrogen (secondary N) is 1. The fraction of sp³-hybridized carbons (Fsp3) is 0.900. The van der Waals surface area contributed by atoms with Crippen LogP contribution in [0.25, 0.3) is 0 Å². The summed E-state index contributed by atoms with van der Waals surface area (Å²) in [6, 6.07) is 0. The number of hydrogen-bond acceptors (Lipinski definition) is 3. The van der Waals surface area contributed by atoms with E-state index in [9.17, 15) is 4.79 Å². The third kappa shape index (κ3) is 4.82. The van der Waals surface area contributed by atoms with Crippen LogP contribution in [0.5, 0.6) is 0 Å². The van der Waals surface area contributed by atoms with Gasteiger partial charge in [-0.15, -0.1) is 12.4 Å².